The van der Waals surface area contributed by atoms with Gasteiger partial charge in [0.1, 0.15) is 5.78 Å². The van der Waals surface area contributed by atoms with E-state index in [0.29, 0.717) is 23.7 Å². The van der Waals surface area contributed by atoms with E-state index in [1.807, 2.05) is 0 Å². The van der Waals surface area contributed by atoms with Crippen LogP contribution in [0.4, 0.5) is 0 Å². The molecule has 0 amide bonds. The molecule has 3 aliphatic carbocycles. The van der Waals surface area contributed by atoms with Gasteiger partial charge in [0.05, 0.1) is 0 Å². The zero-order valence-electron chi connectivity index (χ0n) is 11.2. The van der Waals surface area contributed by atoms with Gasteiger partial charge in [-0.1, -0.05) is 30.3 Å². The number of rotatable bonds is 2. The summed E-state index contributed by atoms with van der Waals surface area (Å²) in [5.41, 5.74) is 1.42. The number of carbonyl (C=O) groups excluding carboxylic acids is 1. The number of hydrogen-bond acceptors (Lipinski definition) is 2. The van der Waals surface area contributed by atoms with Gasteiger partial charge >= 0.3 is 0 Å². The molecule has 1 aromatic rings. The van der Waals surface area contributed by atoms with Gasteiger partial charge in [0.2, 0.25) is 0 Å². The predicted octanol–water partition coefficient (Wildman–Crippen LogP) is 2.70. The van der Waals surface area contributed by atoms with Crippen molar-refractivity contribution in [3.63, 3.8) is 0 Å². The highest BCUT2D eigenvalue weighted by Gasteiger charge is 2.49. The van der Waals surface area contributed by atoms with Gasteiger partial charge in [-0.25, -0.2) is 0 Å². The Bertz CT molecular complexity index is 440. The number of nitrogens with zero attached hydrogens (tertiary/aromatic N) is 1. The van der Waals surface area contributed by atoms with Crippen LogP contribution >= 0.6 is 0 Å². The minimum absolute atomic E-state index is 0.259. The summed E-state index contributed by atoms with van der Waals surface area (Å²) in [4.78, 5) is 14.4. The summed E-state index contributed by atoms with van der Waals surface area (Å²) in [6.45, 7) is 0. The lowest BCUT2D eigenvalue weighted by Gasteiger charge is -2.50. The van der Waals surface area contributed by atoms with Crippen molar-refractivity contribution in [3.05, 3.63) is 35.9 Å². The normalized spacial score (nSPS) is 35.2. The molecule has 0 saturated heterocycles. The Morgan fingerprint density at radius 3 is 2.44 bits per heavy atom. The second kappa shape index (κ2) is 4.51. The fourth-order valence-electron chi connectivity index (χ4n) is 4.09. The molecule has 0 aromatic heterocycles. The lowest BCUT2D eigenvalue weighted by molar-refractivity contribution is -0.134. The number of ketones is 1. The van der Waals surface area contributed by atoms with E-state index in [1.54, 1.807) is 0 Å². The van der Waals surface area contributed by atoms with Crippen molar-refractivity contribution in [2.45, 2.75) is 31.2 Å². The van der Waals surface area contributed by atoms with Crippen LogP contribution in [-0.2, 0) is 4.79 Å². The van der Waals surface area contributed by atoms with E-state index in [-0.39, 0.29) is 5.92 Å². The molecule has 0 radical (unpaired) electrons. The number of carbonyl (C=O) groups is 1. The first kappa shape index (κ1) is 11.9. The van der Waals surface area contributed by atoms with Crippen molar-refractivity contribution < 1.29 is 4.79 Å². The first-order valence-electron chi connectivity index (χ1n) is 6.92. The van der Waals surface area contributed by atoms with Gasteiger partial charge in [0.25, 0.3) is 0 Å². The van der Waals surface area contributed by atoms with Crippen LogP contribution in [0, 0.1) is 11.8 Å². The molecule has 0 unspecified atom stereocenters. The highest BCUT2D eigenvalue weighted by atomic mass is 16.1. The maximum absolute atomic E-state index is 12.1. The molecule has 4 atom stereocenters. The molecule has 3 aliphatic rings. The molecule has 0 spiro atoms. The molecule has 18 heavy (non-hydrogen) atoms. The number of fused-ring (bicyclic) bond motifs is 3. The topological polar surface area (TPSA) is 20.3 Å². The van der Waals surface area contributed by atoms with Crippen LogP contribution in [0.1, 0.15) is 30.7 Å². The van der Waals surface area contributed by atoms with E-state index >= 15 is 0 Å². The molecule has 96 valence electrons. The Hall–Kier alpha value is -1.15. The molecule has 2 heteroatoms. The van der Waals surface area contributed by atoms with Crippen molar-refractivity contribution in [3.8, 4) is 0 Å². The van der Waals surface area contributed by atoms with Gasteiger partial charge in [-0.15, -0.1) is 0 Å². The third-order valence-corrected chi connectivity index (χ3v) is 4.79. The number of Topliss-reactive ketones (excluding diaryl/α,β-unsaturated/α-hetero) is 1. The van der Waals surface area contributed by atoms with Gasteiger partial charge in [-0.2, -0.15) is 0 Å². The molecule has 2 bridgehead atoms. The summed E-state index contributed by atoms with van der Waals surface area (Å²) in [7, 11) is 4.24. The summed E-state index contributed by atoms with van der Waals surface area (Å²) < 4.78 is 0. The number of hydrogen-bond donors (Lipinski definition) is 0. The van der Waals surface area contributed by atoms with Crippen LogP contribution in [0.5, 0.6) is 0 Å². The summed E-state index contributed by atoms with van der Waals surface area (Å²) >= 11 is 0. The summed E-state index contributed by atoms with van der Waals surface area (Å²) in [6.07, 6.45) is 3.12. The molecule has 0 N–H and O–H groups in total. The zero-order valence-corrected chi connectivity index (χ0v) is 11.2. The average Bonchev–Trinajstić information content (AvgIpc) is 2.39. The zero-order chi connectivity index (χ0) is 12.7. The van der Waals surface area contributed by atoms with Crippen molar-refractivity contribution in [2.75, 3.05) is 14.1 Å². The summed E-state index contributed by atoms with van der Waals surface area (Å²) in [6, 6.07) is 11.2. The van der Waals surface area contributed by atoms with Crippen molar-refractivity contribution in [2.24, 2.45) is 11.8 Å². The molecule has 0 aliphatic heterocycles. The van der Waals surface area contributed by atoms with E-state index in [0.717, 1.165) is 12.8 Å². The van der Waals surface area contributed by atoms with Gasteiger partial charge < -0.3 is 4.90 Å². The SMILES string of the molecule is CN(C)[C@@H]1[C@@H](c2ccccc2)[C@H]2CC[C@@H]1C(=O)C2. The Kier molecular flexibility index (Phi) is 2.98. The van der Waals surface area contributed by atoms with E-state index in [2.05, 4.69) is 49.3 Å². The van der Waals surface area contributed by atoms with Crippen LogP contribution in [0.2, 0.25) is 0 Å². The quantitative estimate of drug-likeness (QED) is 0.796. The Balaban J connectivity index is 1.99. The molecular weight excluding hydrogens is 222 g/mol. The first-order valence-corrected chi connectivity index (χ1v) is 6.92. The van der Waals surface area contributed by atoms with Gasteiger partial charge in [0.15, 0.2) is 0 Å². The monoisotopic (exact) mass is 243 g/mol. The fourth-order valence-corrected chi connectivity index (χ4v) is 4.09. The minimum Gasteiger partial charge on any atom is -0.305 e. The smallest absolute Gasteiger partial charge is 0.137 e. The van der Waals surface area contributed by atoms with Crippen LogP contribution in [0.3, 0.4) is 0 Å². The highest BCUT2D eigenvalue weighted by molar-refractivity contribution is 5.84. The Labute approximate surface area is 109 Å². The number of likely N-dealkylation sites (N-methyl/N-ethyl adjacent to an activating group) is 1. The van der Waals surface area contributed by atoms with Crippen molar-refractivity contribution in [1.82, 2.24) is 4.90 Å². The van der Waals surface area contributed by atoms with Crippen LogP contribution < -0.4 is 0 Å². The maximum Gasteiger partial charge on any atom is 0.137 e. The van der Waals surface area contributed by atoms with E-state index in [1.165, 1.54) is 12.0 Å². The highest BCUT2D eigenvalue weighted by Crippen LogP contribution is 2.49. The van der Waals surface area contributed by atoms with Crippen LogP contribution in [0.25, 0.3) is 0 Å². The molecular formula is C16H21NO. The lowest BCUT2D eigenvalue weighted by atomic mass is 9.59. The summed E-state index contributed by atoms with van der Waals surface area (Å²) in [5.74, 6) is 1.85. The fraction of sp³-hybridized carbons (Fsp3) is 0.562. The third kappa shape index (κ3) is 1.79. The van der Waals surface area contributed by atoms with E-state index < -0.39 is 0 Å². The molecule has 3 fully saturated rings. The minimum atomic E-state index is 0.259. The molecule has 2 nitrogen and oxygen atoms in total. The van der Waals surface area contributed by atoms with Gasteiger partial charge in [-0.05, 0) is 38.4 Å². The van der Waals surface area contributed by atoms with Gasteiger partial charge in [-0.3, -0.25) is 4.79 Å². The summed E-state index contributed by atoms with van der Waals surface area (Å²) in [5, 5.41) is 0. The third-order valence-electron chi connectivity index (χ3n) is 4.79. The van der Waals surface area contributed by atoms with Crippen LogP contribution in [0.15, 0.2) is 30.3 Å². The predicted molar refractivity (Wildman–Crippen MR) is 72.5 cm³/mol. The maximum atomic E-state index is 12.1. The molecule has 1 aromatic carbocycles. The molecule has 4 rings (SSSR count). The van der Waals surface area contributed by atoms with Crippen molar-refractivity contribution >= 4 is 5.78 Å². The van der Waals surface area contributed by atoms with Crippen molar-refractivity contribution in [1.29, 1.82) is 0 Å². The molecule has 3 saturated carbocycles. The average molecular weight is 243 g/mol. The Morgan fingerprint density at radius 2 is 1.83 bits per heavy atom. The molecule has 0 heterocycles. The van der Waals surface area contributed by atoms with E-state index in [4.69, 9.17) is 0 Å². The van der Waals surface area contributed by atoms with E-state index in [9.17, 15) is 4.79 Å². The standard InChI is InChI=1S/C16H21NO/c1-17(2)16-13-9-8-12(10-14(13)18)15(16)11-6-4-3-5-7-11/h3-7,12-13,15-16H,8-10H2,1-2H3/t12-,13+,15-,16-/m0/s1. The first-order chi connectivity index (χ1) is 8.68. The largest absolute Gasteiger partial charge is 0.305 e. The van der Waals surface area contributed by atoms with Crippen LogP contribution in [-0.4, -0.2) is 30.8 Å². The van der Waals surface area contributed by atoms with Gasteiger partial charge in [0, 0.05) is 24.3 Å². The second-order valence-electron chi connectivity index (χ2n) is 6.01. The number of benzene rings is 1. The Morgan fingerprint density at radius 1 is 1.11 bits per heavy atom. The lowest BCUT2D eigenvalue weighted by Crippen LogP contribution is -2.53. The second-order valence-corrected chi connectivity index (χ2v) is 6.01.